The van der Waals surface area contributed by atoms with Crippen LogP contribution in [0.3, 0.4) is 0 Å². The molecule has 0 N–H and O–H groups in total. The maximum atomic E-state index is 12.5. The number of hydrogen-bond acceptors (Lipinski definition) is 3. The molecule has 0 bridgehead atoms. The number of piperidine rings is 1. The van der Waals surface area contributed by atoms with Crippen LogP contribution in [0.25, 0.3) is 0 Å². The van der Waals surface area contributed by atoms with Crippen molar-refractivity contribution in [2.75, 3.05) is 27.2 Å². The molecule has 1 atom stereocenters. The number of nitrogens with zero attached hydrogens (tertiary/aromatic N) is 2. The quantitative estimate of drug-likeness (QED) is 0.783. The minimum Gasteiger partial charge on any atom is -0.462 e. The second-order valence-electron chi connectivity index (χ2n) is 7.01. The summed E-state index contributed by atoms with van der Waals surface area (Å²) in [6, 6.07) is 8.41. The third kappa shape index (κ3) is 3.71. The van der Waals surface area contributed by atoms with Gasteiger partial charge in [0.15, 0.2) is 0 Å². The van der Waals surface area contributed by atoms with E-state index in [1.165, 1.54) is 11.1 Å². The zero-order valence-corrected chi connectivity index (χ0v) is 14.5. The highest BCUT2D eigenvalue weighted by Gasteiger charge is 2.31. The van der Waals surface area contributed by atoms with Crippen LogP contribution in [0.2, 0.25) is 0 Å². The largest absolute Gasteiger partial charge is 0.462 e. The van der Waals surface area contributed by atoms with Gasteiger partial charge in [-0.3, -0.25) is 4.79 Å². The highest BCUT2D eigenvalue weighted by molar-refractivity contribution is 5.75. The van der Waals surface area contributed by atoms with Crippen LogP contribution in [0.1, 0.15) is 30.4 Å². The summed E-state index contributed by atoms with van der Waals surface area (Å²) in [7, 11) is 3.51. The Morgan fingerprint density at radius 2 is 1.75 bits per heavy atom. The van der Waals surface area contributed by atoms with Gasteiger partial charge in [0.05, 0.1) is 5.92 Å². The maximum absolute atomic E-state index is 12.5. The van der Waals surface area contributed by atoms with Crippen molar-refractivity contribution in [1.82, 2.24) is 9.80 Å². The molecule has 1 aromatic rings. The summed E-state index contributed by atoms with van der Waals surface area (Å²) in [4.78, 5) is 27.8. The van der Waals surface area contributed by atoms with Gasteiger partial charge in [0, 0.05) is 33.6 Å². The first-order chi connectivity index (χ1) is 11.5. The van der Waals surface area contributed by atoms with E-state index in [-0.39, 0.29) is 24.0 Å². The molecule has 1 aliphatic carbocycles. The summed E-state index contributed by atoms with van der Waals surface area (Å²) in [6.07, 6.45) is 4.09. The van der Waals surface area contributed by atoms with Crippen LogP contribution in [0, 0.1) is 5.92 Å². The SMILES string of the molecule is CN(C)C(=O)N1CCC(C(=O)OC2CCc3ccccc3C2)CC1. The molecule has 3 rings (SSSR count). The number of fused-ring (bicyclic) bond motifs is 1. The molecule has 5 heteroatoms. The van der Waals surface area contributed by atoms with Crippen LogP contribution in [-0.4, -0.2) is 55.1 Å². The van der Waals surface area contributed by atoms with E-state index in [0.29, 0.717) is 25.9 Å². The zero-order chi connectivity index (χ0) is 17.1. The van der Waals surface area contributed by atoms with Gasteiger partial charge >= 0.3 is 12.0 Å². The first-order valence-electron chi connectivity index (χ1n) is 8.78. The Morgan fingerprint density at radius 3 is 2.42 bits per heavy atom. The predicted molar refractivity (Wildman–Crippen MR) is 91.7 cm³/mol. The Balaban J connectivity index is 1.49. The van der Waals surface area contributed by atoms with Crippen LogP contribution in [0.4, 0.5) is 4.79 Å². The van der Waals surface area contributed by atoms with Gasteiger partial charge in [-0.25, -0.2) is 4.79 Å². The van der Waals surface area contributed by atoms with Gasteiger partial charge in [0.25, 0.3) is 0 Å². The number of ether oxygens (including phenoxy) is 1. The number of carbonyl (C=O) groups is 2. The van der Waals surface area contributed by atoms with E-state index in [4.69, 9.17) is 4.74 Å². The van der Waals surface area contributed by atoms with Crippen molar-refractivity contribution in [2.45, 2.75) is 38.2 Å². The lowest BCUT2D eigenvalue weighted by Gasteiger charge is -2.33. The number of rotatable bonds is 2. The molecule has 0 aromatic heterocycles. The van der Waals surface area contributed by atoms with E-state index in [9.17, 15) is 9.59 Å². The van der Waals surface area contributed by atoms with Crippen molar-refractivity contribution in [1.29, 1.82) is 0 Å². The zero-order valence-electron chi connectivity index (χ0n) is 14.5. The van der Waals surface area contributed by atoms with E-state index >= 15 is 0 Å². The van der Waals surface area contributed by atoms with Crippen molar-refractivity contribution >= 4 is 12.0 Å². The summed E-state index contributed by atoms with van der Waals surface area (Å²) < 4.78 is 5.78. The number of likely N-dealkylation sites (tertiary alicyclic amines) is 1. The Morgan fingerprint density at radius 1 is 1.08 bits per heavy atom. The third-order valence-electron chi connectivity index (χ3n) is 5.07. The number of hydrogen-bond donors (Lipinski definition) is 0. The van der Waals surface area contributed by atoms with Crippen LogP contribution < -0.4 is 0 Å². The number of amides is 2. The molecule has 1 saturated heterocycles. The molecule has 1 heterocycles. The summed E-state index contributed by atoms with van der Waals surface area (Å²) in [5.74, 6) is -0.162. The van der Waals surface area contributed by atoms with Crippen molar-refractivity contribution < 1.29 is 14.3 Å². The number of carbonyl (C=O) groups excluding carboxylic acids is 2. The number of urea groups is 1. The summed E-state index contributed by atoms with van der Waals surface area (Å²) in [6.45, 7) is 1.26. The minimum atomic E-state index is -0.0867. The molecule has 2 amide bonds. The Kier molecular flexibility index (Phi) is 5.07. The second kappa shape index (κ2) is 7.24. The molecular weight excluding hydrogens is 304 g/mol. The first kappa shape index (κ1) is 16.8. The molecule has 0 saturated carbocycles. The molecule has 24 heavy (non-hydrogen) atoms. The normalized spacial score (nSPS) is 21.1. The van der Waals surface area contributed by atoms with E-state index < -0.39 is 0 Å². The molecule has 5 nitrogen and oxygen atoms in total. The maximum Gasteiger partial charge on any atom is 0.319 e. The van der Waals surface area contributed by atoms with Gasteiger partial charge in [-0.15, -0.1) is 0 Å². The van der Waals surface area contributed by atoms with Gasteiger partial charge in [-0.2, -0.15) is 0 Å². The lowest BCUT2D eigenvalue weighted by Crippen LogP contribution is -2.45. The topological polar surface area (TPSA) is 49.9 Å². The Labute approximate surface area is 143 Å². The van der Waals surface area contributed by atoms with E-state index in [2.05, 4.69) is 18.2 Å². The molecule has 1 unspecified atom stereocenters. The van der Waals surface area contributed by atoms with Gasteiger partial charge in [-0.1, -0.05) is 24.3 Å². The second-order valence-corrected chi connectivity index (χ2v) is 7.01. The smallest absolute Gasteiger partial charge is 0.319 e. The Bertz CT molecular complexity index is 606. The highest BCUT2D eigenvalue weighted by Crippen LogP contribution is 2.25. The van der Waals surface area contributed by atoms with Gasteiger partial charge in [0.1, 0.15) is 6.10 Å². The molecule has 2 aliphatic rings. The van der Waals surface area contributed by atoms with Crippen molar-refractivity contribution in [2.24, 2.45) is 5.92 Å². The molecule has 0 spiro atoms. The fourth-order valence-corrected chi connectivity index (χ4v) is 3.61. The van der Waals surface area contributed by atoms with Crippen LogP contribution >= 0.6 is 0 Å². The van der Waals surface area contributed by atoms with Crippen molar-refractivity contribution in [3.05, 3.63) is 35.4 Å². The molecule has 1 aliphatic heterocycles. The average molecular weight is 330 g/mol. The van der Waals surface area contributed by atoms with Crippen LogP contribution in [-0.2, 0) is 22.4 Å². The molecular formula is C19H26N2O3. The molecule has 130 valence electrons. The number of esters is 1. The molecule has 1 fully saturated rings. The van der Waals surface area contributed by atoms with Gasteiger partial charge in [-0.05, 0) is 36.8 Å². The van der Waals surface area contributed by atoms with E-state index in [1.807, 2.05) is 6.07 Å². The van der Waals surface area contributed by atoms with Crippen molar-refractivity contribution in [3.8, 4) is 0 Å². The monoisotopic (exact) mass is 330 g/mol. The first-order valence-corrected chi connectivity index (χ1v) is 8.78. The van der Waals surface area contributed by atoms with Crippen molar-refractivity contribution in [3.63, 3.8) is 0 Å². The number of aryl methyl sites for hydroxylation is 1. The fourth-order valence-electron chi connectivity index (χ4n) is 3.61. The van der Waals surface area contributed by atoms with E-state index in [0.717, 1.165) is 19.3 Å². The van der Waals surface area contributed by atoms with Gasteiger partial charge < -0.3 is 14.5 Å². The molecule has 0 radical (unpaired) electrons. The highest BCUT2D eigenvalue weighted by atomic mass is 16.5. The summed E-state index contributed by atoms with van der Waals surface area (Å²) in [5, 5.41) is 0. The lowest BCUT2D eigenvalue weighted by molar-refractivity contribution is -0.156. The fraction of sp³-hybridized carbons (Fsp3) is 0.579. The Hall–Kier alpha value is -2.04. The third-order valence-corrected chi connectivity index (χ3v) is 5.07. The van der Waals surface area contributed by atoms with Crippen LogP contribution in [0.15, 0.2) is 24.3 Å². The predicted octanol–water partition coefficient (Wildman–Crippen LogP) is 2.48. The minimum absolute atomic E-state index is 0.00571. The lowest BCUT2D eigenvalue weighted by atomic mass is 9.89. The molecule has 1 aromatic carbocycles. The summed E-state index contributed by atoms with van der Waals surface area (Å²) >= 11 is 0. The van der Waals surface area contributed by atoms with E-state index in [1.54, 1.807) is 23.9 Å². The summed E-state index contributed by atoms with van der Waals surface area (Å²) in [5.41, 5.74) is 2.67. The standard InChI is InChI=1S/C19H26N2O3/c1-20(2)19(23)21-11-9-15(10-12-21)18(22)24-17-8-7-14-5-3-4-6-16(14)13-17/h3-6,15,17H,7-13H2,1-2H3. The average Bonchev–Trinajstić information content (AvgIpc) is 2.61. The number of benzene rings is 1. The van der Waals surface area contributed by atoms with Gasteiger partial charge in [0.2, 0.25) is 0 Å². The van der Waals surface area contributed by atoms with Crippen LogP contribution in [0.5, 0.6) is 0 Å².